The summed E-state index contributed by atoms with van der Waals surface area (Å²) in [5, 5.41) is 23.0. The summed E-state index contributed by atoms with van der Waals surface area (Å²) in [7, 11) is 5.42. The third-order valence-corrected chi connectivity index (χ3v) is 12.8. The standard InChI is InChI=1S/C40H42N6O11S2/c1-22-11-26-18-42-29-16-34(32(53-4)14-27(29)37(47)43(26)19-22)55-9-6-10-56-35-17-30-28(15-33(35)54-5)38(48)44-20-23(2)12-31(44)39(49)45(30)40(50)57-21-24(3)58-59-36-13-25(46(51)52)7-8-41-36/h7-8,13-18,24,26,31,39,49H,1-2,6,9-12,19-21H2,3-5H3. The number of nitro groups is 1. The fraction of sp³-hybridized carbons (Fsp3) is 0.375. The van der Waals surface area contributed by atoms with Gasteiger partial charge in [-0.1, -0.05) is 35.1 Å². The number of amides is 3. The van der Waals surface area contributed by atoms with Gasteiger partial charge in [-0.25, -0.2) is 14.7 Å². The van der Waals surface area contributed by atoms with Gasteiger partial charge < -0.3 is 38.6 Å². The molecule has 0 bridgehead atoms. The molecule has 4 aliphatic rings. The van der Waals surface area contributed by atoms with Crippen LogP contribution in [0.4, 0.5) is 21.9 Å². The predicted molar refractivity (Wildman–Crippen MR) is 221 cm³/mol. The molecule has 19 heteroatoms. The highest BCUT2D eigenvalue weighted by molar-refractivity contribution is 8.76. The van der Waals surface area contributed by atoms with Gasteiger partial charge in [-0.3, -0.25) is 24.7 Å². The Labute approximate surface area is 347 Å². The van der Waals surface area contributed by atoms with E-state index in [1.165, 1.54) is 71.2 Å². The molecule has 3 aromatic rings. The van der Waals surface area contributed by atoms with Gasteiger partial charge in [-0.15, -0.1) is 0 Å². The monoisotopic (exact) mass is 846 g/mol. The number of aromatic nitrogens is 1. The Kier molecular flexibility index (Phi) is 12.3. The first-order valence-corrected chi connectivity index (χ1v) is 20.8. The van der Waals surface area contributed by atoms with Crippen LogP contribution in [0, 0.1) is 10.1 Å². The van der Waals surface area contributed by atoms with Gasteiger partial charge in [-0.2, -0.15) is 0 Å². The lowest BCUT2D eigenvalue weighted by molar-refractivity contribution is -0.385. The first-order valence-electron chi connectivity index (χ1n) is 18.6. The van der Waals surface area contributed by atoms with E-state index in [1.54, 1.807) is 30.2 Å². The number of rotatable bonds is 14. The molecule has 7 rings (SSSR count). The third-order valence-electron chi connectivity index (χ3n) is 10.1. The summed E-state index contributed by atoms with van der Waals surface area (Å²) < 4.78 is 29.1. The third kappa shape index (κ3) is 8.67. The zero-order valence-electron chi connectivity index (χ0n) is 32.5. The number of ether oxygens (including phenoxy) is 5. The Morgan fingerprint density at radius 2 is 1.63 bits per heavy atom. The Balaban J connectivity index is 1.04. The molecule has 2 saturated heterocycles. The zero-order chi connectivity index (χ0) is 42.0. The second-order valence-corrected chi connectivity index (χ2v) is 16.9. The highest BCUT2D eigenvalue weighted by Crippen LogP contribution is 2.43. The summed E-state index contributed by atoms with van der Waals surface area (Å²) >= 11 is 0. The number of pyridine rings is 1. The molecule has 2 aromatic carbocycles. The van der Waals surface area contributed by atoms with Crippen molar-refractivity contribution < 1.29 is 48.1 Å². The number of hydrogen-bond acceptors (Lipinski definition) is 15. The van der Waals surface area contributed by atoms with E-state index in [-0.39, 0.29) is 78.4 Å². The topological polar surface area (TPSA) is 196 Å². The van der Waals surface area contributed by atoms with Crippen molar-refractivity contribution in [2.75, 3.05) is 52.0 Å². The summed E-state index contributed by atoms with van der Waals surface area (Å²) in [4.78, 5) is 64.9. The summed E-state index contributed by atoms with van der Waals surface area (Å²) in [6.45, 7) is 10.7. The molecule has 4 aliphatic heterocycles. The Bertz CT molecular complexity index is 2240. The highest BCUT2D eigenvalue weighted by atomic mass is 33.1. The van der Waals surface area contributed by atoms with E-state index in [2.05, 4.69) is 23.1 Å². The van der Waals surface area contributed by atoms with Gasteiger partial charge in [0.15, 0.2) is 29.2 Å². The van der Waals surface area contributed by atoms with Gasteiger partial charge >= 0.3 is 6.09 Å². The van der Waals surface area contributed by atoms with Crippen molar-refractivity contribution in [3.63, 3.8) is 0 Å². The molecular weight excluding hydrogens is 805 g/mol. The number of aliphatic imine (C=N–C) groups is 1. The van der Waals surface area contributed by atoms with Crippen LogP contribution in [-0.2, 0) is 4.74 Å². The predicted octanol–water partition coefficient (Wildman–Crippen LogP) is 6.22. The lowest BCUT2D eigenvalue weighted by atomic mass is 10.1. The molecule has 2 fully saturated rings. The number of aliphatic hydroxyl groups excluding tert-OH is 1. The van der Waals surface area contributed by atoms with Crippen LogP contribution >= 0.6 is 21.6 Å². The smallest absolute Gasteiger partial charge is 0.416 e. The number of nitrogens with zero attached hydrogens (tertiary/aromatic N) is 6. The number of aliphatic hydroxyl groups is 1. The fourth-order valence-corrected chi connectivity index (χ4v) is 9.08. The van der Waals surface area contributed by atoms with E-state index in [0.29, 0.717) is 47.2 Å². The lowest BCUT2D eigenvalue weighted by Gasteiger charge is -2.31. The maximum Gasteiger partial charge on any atom is 0.416 e. The average molecular weight is 847 g/mol. The number of carbonyl (C=O) groups excluding carboxylic acids is 3. The van der Waals surface area contributed by atoms with Crippen LogP contribution < -0.4 is 23.8 Å². The molecule has 17 nitrogen and oxygen atoms in total. The summed E-state index contributed by atoms with van der Waals surface area (Å²) in [6, 6.07) is 7.98. The molecular formula is C40H42N6O11S2. The van der Waals surface area contributed by atoms with Crippen LogP contribution in [0.25, 0.3) is 0 Å². The van der Waals surface area contributed by atoms with Gasteiger partial charge in [0.25, 0.3) is 17.5 Å². The molecule has 5 heterocycles. The molecule has 1 N–H and O–H groups in total. The van der Waals surface area contributed by atoms with Gasteiger partial charge in [0, 0.05) is 61.4 Å². The van der Waals surface area contributed by atoms with E-state index in [1.807, 2.05) is 0 Å². The van der Waals surface area contributed by atoms with E-state index in [9.17, 15) is 29.6 Å². The quantitative estimate of drug-likeness (QED) is 0.0632. The number of methoxy groups -OCH3 is 2. The Hall–Kier alpha value is -5.79. The molecule has 0 spiro atoms. The van der Waals surface area contributed by atoms with Crippen molar-refractivity contribution >= 4 is 62.8 Å². The van der Waals surface area contributed by atoms with E-state index in [4.69, 9.17) is 23.7 Å². The zero-order valence-corrected chi connectivity index (χ0v) is 34.2. The minimum atomic E-state index is -1.49. The van der Waals surface area contributed by atoms with E-state index < -0.39 is 29.2 Å². The number of anilines is 1. The van der Waals surface area contributed by atoms with Crippen molar-refractivity contribution in [3.05, 3.63) is 88.1 Å². The largest absolute Gasteiger partial charge is 0.493 e. The molecule has 3 amide bonds. The molecule has 4 unspecified atom stereocenters. The van der Waals surface area contributed by atoms with Gasteiger partial charge in [0.2, 0.25) is 0 Å². The SMILES string of the molecule is C=C1CC2C=Nc3cc(OCCCOc4cc5c(cc4OC)C(=O)N4CC(=C)CC4C(O)N5C(=O)OCC(C)SSc4cc([N+](=O)[O-])ccn4)c(OC)cc3C(=O)N2C1. The average Bonchev–Trinajstić information content (AvgIpc) is 3.77. The van der Waals surface area contributed by atoms with Crippen molar-refractivity contribution in [1.29, 1.82) is 0 Å². The molecule has 59 heavy (non-hydrogen) atoms. The maximum atomic E-state index is 14.0. The molecule has 310 valence electrons. The molecule has 4 atom stereocenters. The number of hydrogen-bond donors (Lipinski definition) is 1. The van der Waals surface area contributed by atoms with Crippen LogP contribution in [0.3, 0.4) is 0 Å². The first kappa shape index (κ1) is 41.4. The normalized spacial score (nSPS) is 19.9. The number of carbonyl (C=O) groups is 3. The van der Waals surface area contributed by atoms with E-state index >= 15 is 0 Å². The van der Waals surface area contributed by atoms with Crippen LogP contribution in [0.2, 0.25) is 0 Å². The molecule has 1 aromatic heterocycles. The summed E-state index contributed by atoms with van der Waals surface area (Å²) in [5.74, 6) is 0.645. The van der Waals surface area contributed by atoms with E-state index in [0.717, 1.165) is 16.0 Å². The second kappa shape index (κ2) is 17.6. The van der Waals surface area contributed by atoms with Crippen LogP contribution in [0.1, 0.15) is 46.9 Å². The fourth-order valence-electron chi connectivity index (χ4n) is 7.19. The maximum absolute atomic E-state index is 14.0. The minimum Gasteiger partial charge on any atom is -0.493 e. The second-order valence-electron chi connectivity index (χ2n) is 14.2. The van der Waals surface area contributed by atoms with Crippen molar-refractivity contribution in [2.45, 2.75) is 54.8 Å². The minimum absolute atomic E-state index is 0.0737. The Morgan fingerprint density at radius 3 is 2.34 bits per heavy atom. The molecule has 0 radical (unpaired) electrons. The van der Waals surface area contributed by atoms with Crippen molar-refractivity contribution in [3.8, 4) is 23.0 Å². The lowest BCUT2D eigenvalue weighted by Crippen LogP contribution is -2.51. The molecule has 0 saturated carbocycles. The van der Waals surface area contributed by atoms with Crippen LogP contribution in [0.15, 0.2) is 76.9 Å². The van der Waals surface area contributed by atoms with Gasteiger partial charge in [-0.05, 0) is 42.7 Å². The van der Waals surface area contributed by atoms with Crippen LogP contribution in [-0.4, -0.2) is 120 Å². The number of benzene rings is 2. The van der Waals surface area contributed by atoms with Crippen molar-refractivity contribution in [1.82, 2.24) is 14.8 Å². The molecule has 0 aliphatic carbocycles. The highest BCUT2D eigenvalue weighted by Gasteiger charge is 2.46. The number of fused-ring (bicyclic) bond motifs is 4. The van der Waals surface area contributed by atoms with Crippen molar-refractivity contribution in [2.24, 2.45) is 4.99 Å². The van der Waals surface area contributed by atoms with Gasteiger partial charge in [0.1, 0.15) is 11.6 Å². The van der Waals surface area contributed by atoms with Crippen LogP contribution in [0.5, 0.6) is 23.0 Å². The Morgan fingerprint density at radius 1 is 0.966 bits per heavy atom. The first-order chi connectivity index (χ1) is 28.4. The summed E-state index contributed by atoms with van der Waals surface area (Å²) in [6.07, 6.45) is 2.05. The van der Waals surface area contributed by atoms with Gasteiger partial charge in [0.05, 0.1) is 66.9 Å². The summed E-state index contributed by atoms with van der Waals surface area (Å²) in [5.41, 5.74) is 2.67.